The summed E-state index contributed by atoms with van der Waals surface area (Å²) in [5.41, 5.74) is 2.63. The van der Waals surface area contributed by atoms with E-state index >= 15 is 0 Å². The SMILES string of the molecule is Cc1cc(-c2nnc(CCC(=O)Nc3cnn(Cc4ccccc4F)c3)o2)n(C)n1. The van der Waals surface area contributed by atoms with E-state index in [2.05, 4.69) is 25.7 Å². The van der Waals surface area contributed by atoms with Crippen molar-refractivity contribution in [3.63, 3.8) is 0 Å². The molecule has 1 aromatic carbocycles. The minimum Gasteiger partial charge on any atom is -0.419 e. The van der Waals surface area contributed by atoms with Crippen LogP contribution in [0.15, 0.2) is 47.1 Å². The zero-order valence-electron chi connectivity index (χ0n) is 16.5. The number of nitrogens with zero attached hydrogens (tertiary/aromatic N) is 6. The van der Waals surface area contributed by atoms with Gasteiger partial charge in [0.1, 0.15) is 11.5 Å². The van der Waals surface area contributed by atoms with Gasteiger partial charge in [0, 0.05) is 31.6 Å². The molecule has 154 valence electrons. The molecule has 0 aliphatic carbocycles. The van der Waals surface area contributed by atoms with Crippen molar-refractivity contribution in [3.8, 4) is 11.6 Å². The van der Waals surface area contributed by atoms with Crippen LogP contribution in [0.1, 0.15) is 23.6 Å². The van der Waals surface area contributed by atoms with Crippen LogP contribution in [0.3, 0.4) is 0 Å². The van der Waals surface area contributed by atoms with Crippen LogP contribution in [0.2, 0.25) is 0 Å². The number of amides is 1. The van der Waals surface area contributed by atoms with Crippen LogP contribution in [-0.2, 0) is 24.8 Å². The smallest absolute Gasteiger partial charge is 0.265 e. The molecule has 0 unspecified atom stereocenters. The van der Waals surface area contributed by atoms with Crippen LogP contribution in [0.4, 0.5) is 10.1 Å². The second-order valence-electron chi connectivity index (χ2n) is 6.86. The molecule has 4 rings (SSSR count). The number of nitrogens with one attached hydrogen (secondary N) is 1. The van der Waals surface area contributed by atoms with Crippen LogP contribution in [0.5, 0.6) is 0 Å². The Morgan fingerprint density at radius 2 is 2.10 bits per heavy atom. The third-order valence-corrected chi connectivity index (χ3v) is 4.46. The highest BCUT2D eigenvalue weighted by atomic mass is 19.1. The summed E-state index contributed by atoms with van der Waals surface area (Å²) in [5, 5.41) is 19.2. The van der Waals surface area contributed by atoms with Gasteiger partial charge >= 0.3 is 0 Å². The van der Waals surface area contributed by atoms with E-state index in [1.54, 1.807) is 40.8 Å². The quantitative estimate of drug-likeness (QED) is 0.503. The van der Waals surface area contributed by atoms with E-state index in [0.29, 0.717) is 29.5 Å². The molecule has 0 saturated heterocycles. The highest BCUT2D eigenvalue weighted by Gasteiger charge is 2.14. The van der Waals surface area contributed by atoms with Crippen molar-refractivity contribution >= 4 is 11.6 Å². The second kappa shape index (κ2) is 8.27. The minimum atomic E-state index is -0.293. The van der Waals surface area contributed by atoms with Gasteiger partial charge in [-0.1, -0.05) is 18.2 Å². The molecule has 0 radical (unpaired) electrons. The molecule has 0 fully saturated rings. The number of hydrogen-bond acceptors (Lipinski definition) is 6. The van der Waals surface area contributed by atoms with E-state index in [-0.39, 0.29) is 24.7 Å². The number of benzene rings is 1. The summed E-state index contributed by atoms with van der Waals surface area (Å²) >= 11 is 0. The Bertz CT molecular complexity index is 1180. The molecule has 3 aromatic heterocycles. The molecule has 0 bridgehead atoms. The van der Waals surface area contributed by atoms with Crippen molar-refractivity contribution in [3.05, 3.63) is 65.7 Å². The van der Waals surface area contributed by atoms with Gasteiger partial charge in [0.25, 0.3) is 5.89 Å². The number of halogens is 1. The number of aryl methyl sites for hydroxylation is 3. The summed E-state index contributed by atoms with van der Waals surface area (Å²) in [6, 6.07) is 8.35. The molecule has 30 heavy (non-hydrogen) atoms. The van der Waals surface area contributed by atoms with E-state index in [1.807, 2.05) is 13.0 Å². The van der Waals surface area contributed by atoms with Gasteiger partial charge in [0.05, 0.1) is 24.1 Å². The van der Waals surface area contributed by atoms with Gasteiger partial charge in [-0.25, -0.2) is 4.39 Å². The molecule has 0 atom stereocenters. The number of carbonyl (C=O) groups is 1. The highest BCUT2D eigenvalue weighted by molar-refractivity contribution is 5.90. The number of rotatable bonds is 7. The standard InChI is InChI=1S/C20H20FN7O2/c1-13-9-17(27(2)26-13)20-25-24-19(30-20)8-7-18(29)23-15-10-22-28(12-15)11-14-5-3-4-6-16(14)21/h3-6,9-10,12H,7-8,11H2,1-2H3,(H,23,29). The number of hydrogen-bond donors (Lipinski definition) is 1. The van der Waals surface area contributed by atoms with Gasteiger partial charge in [-0.3, -0.25) is 14.2 Å². The van der Waals surface area contributed by atoms with Crippen LogP contribution >= 0.6 is 0 Å². The summed E-state index contributed by atoms with van der Waals surface area (Å²) < 4.78 is 22.6. The summed E-state index contributed by atoms with van der Waals surface area (Å²) in [4.78, 5) is 12.2. The fraction of sp³-hybridized carbons (Fsp3) is 0.250. The van der Waals surface area contributed by atoms with Crippen molar-refractivity contribution in [2.24, 2.45) is 7.05 Å². The van der Waals surface area contributed by atoms with E-state index in [0.717, 1.165) is 11.4 Å². The molecule has 3 heterocycles. The van der Waals surface area contributed by atoms with Crippen molar-refractivity contribution in [2.45, 2.75) is 26.3 Å². The molecule has 0 aliphatic rings. The van der Waals surface area contributed by atoms with Crippen molar-refractivity contribution < 1.29 is 13.6 Å². The maximum absolute atomic E-state index is 13.8. The summed E-state index contributed by atoms with van der Waals surface area (Å²) in [6.45, 7) is 2.16. The van der Waals surface area contributed by atoms with Gasteiger partial charge in [-0.2, -0.15) is 10.2 Å². The van der Waals surface area contributed by atoms with Crippen LogP contribution in [0, 0.1) is 12.7 Å². The summed E-state index contributed by atoms with van der Waals surface area (Å²) in [6.07, 6.45) is 3.65. The van der Waals surface area contributed by atoms with Crippen LogP contribution < -0.4 is 5.32 Å². The van der Waals surface area contributed by atoms with E-state index in [9.17, 15) is 9.18 Å². The normalized spacial score (nSPS) is 11.0. The number of carbonyl (C=O) groups excluding carboxylic acids is 1. The van der Waals surface area contributed by atoms with Crippen molar-refractivity contribution in [1.82, 2.24) is 29.8 Å². The first-order chi connectivity index (χ1) is 14.5. The molecule has 9 nitrogen and oxygen atoms in total. The van der Waals surface area contributed by atoms with Crippen molar-refractivity contribution in [1.29, 1.82) is 0 Å². The lowest BCUT2D eigenvalue weighted by Gasteiger charge is -2.03. The largest absolute Gasteiger partial charge is 0.419 e. The third-order valence-electron chi connectivity index (χ3n) is 4.46. The molecule has 0 saturated carbocycles. The van der Waals surface area contributed by atoms with Crippen LogP contribution in [0.25, 0.3) is 11.6 Å². The van der Waals surface area contributed by atoms with E-state index < -0.39 is 0 Å². The topological polar surface area (TPSA) is 104 Å². The number of anilines is 1. The Morgan fingerprint density at radius 1 is 1.27 bits per heavy atom. The molecule has 4 aromatic rings. The predicted octanol–water partition coefficient (Wildman–Crippen LogP) is 2.73. The van der Waals surface area contributed by atoms with Crippen LogP contribution in [-0.4, -0.2) is 35.7 Å². The second-order valence-corrected chi connectivity index (χ2v) is 6.86. The molecule has 0 aliphatic heterocycles. The fourth-order valence-corrected chi connectivity index (χ4v) is 3.03. The average Bonchev–Trinajstić information content (AvgIpc) is 3.42. The lowest BCUT2D eigenvalue weighted by Crippen LogP contribution is -2.12. The highest BCUT2D eigenvalue weighted by Crippen LogP contribution is 2.19. The first-order valence-electron chi connectivity index (χ1n) is 9.37. The van der Waals surface area contributed by atoms with E-state index in [1.165, 1.54) is 12.3 Å². The Kier molecular flexibility index (Phi) is 5.38. The molecule has 1 amide bonds. The zero-order valence-corrected chi connectivity index (χ0v) is 16.5. The summed E-state index contributed by atoms with van der Waals surface area (Å²) in [7, 11) is 1.80. The Morgan fingerprint density at radius 3 is 2.87 bits per heavy atom. The average molecular weight is 409 g/mol. The third kappa shape index (κ3) is 4.43. The Hall–Kier alpha value is -3.82. The van der Waals surface area contributed by atoms with Gasteiger partial charge < -0.3 is 9.73 Å². The van der Waals surface area contributed by atoms with E-state index in [4.69, 9.17) is 4.42 Å². The molecular formula is C20H20FN7O2. The van der Waals surface area contributed by atoms with Gasteiger partial charge in [-0.05, 0) is 19.1 Å². The first-order valence-corrected chi connectivity index (χ1v) is 9.37. The summed E-state index contributed by atoms with van der Waals surface area (Å²) in [5.74, 6) is 0.229. The maximum atomic E-state index is 13.8. The lowest BCUT2D eigenvalue weighted by atomic mass is 10.2. The predicted molar refractivity (Wildman–Crippen MR) is 106 cm³/mol. The first kappa shape index (κ1) is 19.5. The van der Waals surface area contributed by atoms with Gasteiger partial charge in [0.2, 0.25) is 11.8 Å². The molecule has 10 heteroatoms. The van der Waals surface area contributed by atoms with Crippen molar-refractivity contribution in [2.75, 3.05) is 5.32 Å². The lowest BCUT2D eigenvalue weighted by molar-refractivity contribution is -0.116. The molecular weight excluding hydrogens is 389 g/mol. The fourth-order valence-electron chi connectivity index (χ4n) is 3.03. The maximum Gasteiger partial charge on any atom is 0.265 e. The van der Waals surface area contributed by atoms with Gasteiger partial charge in [0.15, 0.2) is 0 Å². The molecule has 1 N–H and O–H groups in total. The number of aromatic nitrogens is 6. The minimum absolute atomic E-state index is 0.171. The Balaban J connectivity index is 1.31. The zero-order chi connectivity index (χ0) is 21.1. The van der Waals surface area contributed by atoms with Gasteiger partial charge in [-0.15, -0.1) is 10.2 Å². The monoisotopic (exact) mass is 409 g/mol. The molecule has 0 spiro atoms. The Labute approximate surface area is 171 Å².